The summed E-state index contributed by atoms with van der Waals surface area (Å²) in [6, 6.07) is 11.3. The van der Waals surface area contributed by atoms with E-state index in [0.29, 0.717) is 18.2 Å². The lowest BCUT2D eigenvalue weighted by Gasteiger charge is -2.10. The molecule has 0 radical (unpaired) electrons. The van der Waals surface area contributed by atoms with E-state index >= 15 is 0 Å². The van der Waals surface area contributed by atoms with Gasteiger partial charge in [-0.1, -0.05) is 36.0 Å². The topological polar surface area (TPSA) is 81.9 Å². The number of pyridine rings is 1. The molecule has 1 aromatic carbocycles. The second-order valence-corrected chi connectivity index (χ2v) is 6.76. The van der Waals surface area contributed by atoms with Crippen molar-refractivity contribution < 1.29 is 9.53 Å². The largest absolute Gasteiger partial charge is 0.496 e. The number of allylic oxidation sites excluding steroid dienone is 1. The second-order valence-electron chi connectivity index (χ2n) is 5.82. The van der Waals surface area contributed by atoms with Crippen molar-refractivity contribution in [3.8, 4) is 17.1 Å². The van der Waals surface area contributed by atoms with Crippen LogP contribution in [0.5, 0.6) is 5.75 Å². The van der Waals surface area contributed by atoms with E-state index in [1.807, 2.05) is 41.0 Å². The molecule has 0 aliphatic carbocycles. The molecule has 3 aromatic rings. The molecule has 0 unspecified atom stereocenters. The highest BCUT2D eigenvalue weighted by Crippen LogP contribution is 2.23. The molecule has 1 N–H and O–H groups in total. The van der Waals surface area contributed by atoms with E-state index in [-0.39, 0.29) is 11.7 Å². The fraction of sp³-hybridized carbons (Fsp3) is 0.200. The quantitative estimate of drug-likeness (QED) is 0.443. The molecule has 0 spiro atoms. The molecular weight excluding hydrogens is 374 g/mol. The number of methoxy groups -OCH3 is 1. The van der Waals surface area contributed by atoms with Crippen molar-refractivity contribution in [3.05, 3.63) is 67.0 Å². The third-order valence-corrected chi connectivity index (χ3v) is 4.93. The summed E-state index contributed by atoms with van der Waals surface area (Å²) >= 11 is 1.34. The number of amides is 1. The molecule has 7 nitrogen and oxygen atoms in total. The Kier molecular flexibility index (Phi) is 6.80. The standard InChI is InChI=1S/C20H21N5O2S/c1-3-12-25-19(15-8-10-21-11-9-15)23-24-20(25)28-14-18(26)22-13-16-6-4-5-7-17(16)27-2/h3-11H,1,12-14H2,2H3,(H,22,26). The summed E-state index contributed by atoms with van der Waals surface area (Å²) in [6.07, 6.45) is 5.20. The summed E-state index contributed by atoms with van der Waals surface area (Å²) in [5.41, 5.74) is 1.84. The number of hydrogen-bond acceptors (Lipinski definition) is 6. The molecule has 28 heavy (non-hydrogen) atoms. The van der Waals surface area contributed by atoms with Gasteiger partial charge in [-0.25, -0.2) is 0 Å². The lowest BCUT2D eigenvalue weighted by Crippen LogP contribution is -2.25. The van der Waals surface area contributed by atoms with E-state index in [2.05, 4.69) is 27.1 Å². The maximum absolute atomic E-state index is 12.3. The molecule has 0 atom stereocenters. The smallest absolute Gasteiger partial charge is 0.230 e. The Bertz CT molecular complexity index is 943. The van der Waals surface area contributed by atoms with Crippen molar-refractivity contribution in [1.29, 1.82) is 0 Å². The first-order valence-electron chi connectivity index (χ1n) is 8.68. The molecule has 1 amide bonds. The van der Waals surface area contributed by atoms with Crippen molar-refractivity contribution in [2.75, 3.05) is 12.9 Å². The van der Waals surface area contributed by atoms with Crippen molar-refractivity contribution >= 4 is 17.7 Å². The summed E-state index contributed by atoms with van der Waals surface area (Å²) in [5.74, 6) is 1.62. The van der Waals surface area contributed by atoms with Gasteiger partial charge < -0.3 is 10.1 Å². The van der Waals surface area contributed by atoms with Crippen LogP contribution in [-0.2, 0) is 17.9 Å². The zero-order chi connectivity index (χ0) is 19.8. The van der Waals surface area contributed by atoms with Gasteiger partial charge in [0.05, 0.1) is 12.9 Å². The molecule has 8 heteroatoms. The number of para-hydroxylation sites is 1. The fourth-order valence-electron chi connectivity index (χ4n) is 2.63. The number of nitrogens with one attached hydrogen (secondary N) is 1. The molecule has 0 aliphatic rings. The number of nitrogens with zero attached hydrogens (tertiary/aromatic N) is 4. The molecule has 0 saturated carbocycles. The Hall–Kier alpha value is -3.13. The average Bonchev–Trinajstić information content (AvgIpc) is 3.14. The summed E-state index contributed by atoms with van der Waals surface area (Å²) in [7, 11) is 1.61. The van der Waals surface area contributed by atoms with E-state index in [0.717, 1.165) is 22.7 Å². The van der Waals surface area contributed by atoms with Crippen LogP contribution in [0.1, 0.15) is 5.56 Å². The third-order valence-electron chi connectivity index (χ3n) is 3.97. The maximum Gasteiger partial charge on any atom is 0.230 e. The number of aromatic nitrogens is 4. The van der Waals surface area contributed by atoms with Gasteiger partial charge >= 0.3 is 0 Å². The van der Waals surface area contributed by atoms with Gasteiger partial charge in [-0.3, -0.25) is 14.3 Å². The minimum absolute atomic E-state index is 0.0884. The van der Waals surface area contributed by atoms with Gasteiger partial charge in [0.2, 0.25) is 5.91 Å². The fourth-order valence-corrected chi connectivity index (χ4v) is 3.41. The van der Waals surface area contributed by atoms with Gasteiger partial charge in [-0.05, 0) is 18.2 Å². The van der Waals surface area contributed by atoms with E-state index in [9.17, 15) is 4.79 Å². The predicted molar refractivity (Wildman–Crippen MR) is 109 cm³/mol. The highest BCUT2D eigenvalue weighted by molar-refractivity contribution is 7.99. The minimum atomic E-state index is -0.0884. The number of thioether (sulfide) groups is 1. The van der Waals surface area contributed by atoms with Gasteiger partial charge in [-0.2, -0.15) is 0 Å². The molecule has 3 rings (SSSR count). The molecular formula is C20H21N5O2S. The highest BCUT2D eigenvalue weighted by Gasteiger charge is 2.15. The first-order chi connectivity index (χ1) is 13.7. The Labute approximate surface area is 167 Å². The molecule has 2 heterocycles. The van der Waals surface area contributed by atoms with Crippen LogP contribution in [0, 0.1) is 0 Å². The van der Waals surface area contributed by atoms with Crippen molar-refractivity contribution in [2.45, 2.75) is 18.2 Å². The highest BCUT2D eigenvalue weighted by atomic mass is 32.2. The lowest BCUT2D eigenvalue weighted by atomic mass is 10.2. The normalized spacial score (nSPS) is 10.5. The van der Waals surface area contributed by atoms with E-state index in [1.165, 1.54) is 11.8 Å². The van der Waals surface area contributed by atoms with Gasteiger partial charge in [-0.15, -0.1) is 16.8 Å². The van der Waals surface area contributed by atoms with Crippen LogP contribution in [0.4, 0.5) is 0 Å². The molecule has 0 bridgehead atoms. The molecule has 0 fully saturated rings. The number of carbonyl (C=O) groups excluding carboxylic acids is 1. The Morgan fingerprint density at radius 1 is 1.25 bits per heavy atom. The number of carbonyl (C=O) groups is 1. The molecule has 144 valence electrons. The lowest BCUT2D eigenvalue weighted by molar-refractivity contribution is -0.118. The molecule has 0 saturated heterocycles. The number of hydrogen-bond donors (Lipinski definition) is 1. The SMILES string of the molecule is C=CCn1c(SCC(=O)NCc2ccccc2OC)nnc1-c1ccncc1. The minimum Gasteiger partial charge on any atom is -0.496 e. The van der Waals surface area contributed by atoms with Crippen molar-refractivity contribution in [2.24, 2.45) is 0 Å². The summed E-state index contributed by atoms with van der Waals surface area (Å²) in [5, 5.41) is 12.1. The van der Waals surface area contributed by atoms with Gasteiger partial charge in [0.25, 0.3) is 0 Å². The number of ether oxygens (including phenoxy) is 1. The maximum atomic E-state index is 12.3. The van der Waals surface area contributed by atoms with E-state index in [1.54, 1.807) is 25.6 Å². The third kappa shape index (κ3) is 4.77. The van der Waals surface area contributed by atoms with Crippen LogP contribution in [0.15, 0.2) is 66.6 Å². The summed E-state index contributed by atoms with van der Waals surface area (Å²) in [4.78, 5) is 16.3. The predicted octanol–water partition coefficient (Wildman–Crippen LogP) is 2.94. The summed E-state index contributed by atoms with van der Waals surface area (Å²) in [6.45, 7) is 4.76. The zero-order valence-corrected chi connectivity index (χ0v) is 16.4. The summed E-state index contributed by atoms with van der Waals surface area (Å²) < 4.78 is 7.23. The zero-order valence-electron chi connectivity index (χ0n) is 15.5. The Morgan fingerprint density at radius 2 is 2.04 bits per heavy atom. The van der Waals surface area contributed by atoms with Crippen LogP contribution in [-0.4, -0.2) is 38.5 Å². The monoisotopic (exact) mass is 395 g/mol. The van der Waals surface area contributed by atoms with Crippen LogP contribution < -0.4 is 10.1 Å². The first kappa shape index (κ1) is 19.6. The van der Waals surface area contributed by atoms with Crippen LogP contribution in [0.25, 0.3) is 11.4 Å². The van der Waals surface area contributed by atoms with Gasteiger partial charge in [0.1, 0.15) is 5.75 Å². The van der Waals surface area contributed by atoms with Crippen LogP contribution in [0.2, 0.25) is 0 Å². The Morgan fingerprint density at radius 3 is 2.79 bits per heavy atom. The first-order valence-corrected chi connectivity index (χ1v) is 9.67. The van der Waals surface area contributed by atoms with Gasteiger partial charge in [0.15, 0.2) is 11.0 Å². The number of benzene rings is 1. The second kappa shape index (κ2) is 9.70. The average molecular weight is 395 g/mol. The number of rotatable bonds is 9. The van der Waals surface area contributed by atoms with Crippen molar-refractivity contribution in [1.82, 2.24) is 25.1 Å². The van der Waals surface area contributed by atoms with E-state index < -0.39 is 0 Å². The van der Waals surface area contributed by atoms with Gasteiger partial charge in [0, 0.05) is 36.6 Å². The molecule has 0 aliphatic heterocycles. The molecule has 2 aromatic heterocycles. The van der Waals surface area contributed by atoms with E-state index in [4.69, 9.17) is 4.74 Å². The van der Waals surface area contributed by atoms with Crippen molar-refractivity contribution in [3.63, 3.8) is 0 Å². The van der Waals surface area contributed by atoms with Crippen LogP contribution >= 0.6 is 11.8 Å². The van der Waals surface area contributed by atoms with Crippen LogP contribution in [0.3, 0.4) is 0 Å². The Balaban J connectivity index is 1.63.